The molecule has 1 N–H and O–H groups in total. The van der Waals surface area contributed by atoms with Gasteiger partial charge in [-0.1, -0.05) is 0 Å². The van der Waals surface area contributed by atoms with Crippen molar-refractivity contribution >= 4 is 10.3 Å². The summed E-state index contributed by atoms with van der Waals surface area (Å²) in [5.41, 5.74) is 0. The first-order chi connectivity index (χ1) is 4.77. The molecule has 0 heterocycles. The van der Waals surface area contributed by atoms with Crippen molar-refractivity contribution in [1.29, 1.82) is 0 Å². The maximum absolute atomic E-state index is 11.3. The molecule has 0 aromatic carbocycles. The van der Waals surface area contributed by atoms with E-state index in [1.165, 1.54) is 0 Å². The van der Waals surface area contributed by atoms with Crippen LogP contribution in [-0.2, 0) is 14.5 Å². The second-order valence-corrected chi connectivity index (χ2v) is 3.09. The number of halogens is 3. The highest BCUT2D eigenvalue weighted by Crippen LogP contribution is 2.15. The van der Waals surface area contributed by atoms with Crippen molar-refractivity contribution in [3.05, 3.63) is 0 Å². The van der Waals surface area contributed by atoms with Crippen LogP contribution in [0, 0.1) is 0 Å². The van der Waals surface area contributed by atoms with E-state index in [0.717, 1.165) is 7.05 Å². The lowest BCUT2D eigenvalue weighted by molar-refractivity contribution is -0.152. The average molecular weight is 193 g/mol. The van der Waals surface area contributed by atoms with Gasteiger partial charge in [0, 0.05) is 7.05 Å². The summed E-state index contributed by atoms with van der Waals surface area (Å²) in [5, 5.41) is 0. The van der Waals surface area contributed by atoms with E-state index < -0.39 is 23.1 Å². The minimum Gasteiger partial charge on any atom is -0.248 e. The van der Waals surface area contributed by atoms with Gasteiger partial charge >= 0.3 is 16.5 Å². The summed E-state index contributed by atoms with van der Waals surface area (Å²) in [7, 11) is -3.27. The first kappa shape index (κ1) is 10.7. The predicted molar refractivity (Wildman–Crippen MR) is 30.0 cm³/mol. The molecule has 0 saturated carbocycles. The molecular formula is C3H6F3NO3S. The highest BCUT2D eigenvalue weighted by Gasteiger charge is 2.30. The Morgan fingerprint density at radius 1 is 1.45 bits per heavy atom. The van der Waals surface area contributed by atoms with Gasteiger partial charge in [0.15, 0.2) is 6.61 Å². The molecule has 0 aromatic heterocycles. The topological polar surface area (TPSA) is 55.4 Å². The molecule has 0 atom stereocenters. The van der Waals surface area contributed by atoms with E-state index >= 15 is 0 Å². The molecule has 0 amide bonds. The normalized spacial score (nSPS) is 13.5. The zero-order valence-corrected chi connectivity index (χ0v) is 6.29. The van der Waals surface area contributed by atoms with Gasteiger partial charge in [-0.3, -0.25) is 0 Å². The molecule has 0 rings (SSSR count). The zero-order chi connectivity index (χ0) is 9.12. The van der Waals surface area contributed by atoms with Crippen molar-refractivity contribution < 1.29 is 25.8 Å². The Balaban J connectivity index is 3.91. The van der Waals surface area contributed by atoms with Crippen LogP contribution in [0.2, 0.25) is 0 Å². The molecule has 0 radical (unpaired) electrons. The van der Waals surface area contributed by atoms with Crippen LogP contribution >= 0.6 is 0 Å². The Morgan fingerprint density at radius 3 is 2.18 bits per heavy atom. The maximum atomic E-state index is 11.3. The molecule has 68 valence electrons. The van der Waals surface area contributed by atoms with Gasteiger partial charge < -0.3 is 0 Å². The van der Waals surface area contributed by atoms with Gasteiger partial charge in [0.1, 0.15) is 0 Å². The molecule has 8 heteroatoms. The van der Waals surface area contributed by atoms with Crippen LogP contribution < -0.4 is 4.72 Å². The van der Waals surface area contributed by atoms with E-state index in [0.29, 0.717) is 0 Å². The van der Waals surface area contributed by atoms with Crippen LogP contribution in [0.25, 0.3) is 0 Å². The fourth-order valence-electron chi connectivity index (χ4n) is 0.203. The van der Waals surface area contributed by atoms with Crippen LogP contribution in [0.5, 0.6) is 0 Å². The number of hydrogen-bond acceptors (Lipinski definition) is 3. The smallest absolute Gasteiger partial charge is 0.248 e. The third-order valence-electron chi connectivity index (χ3n) is 0.628. The third kappa shape index (κ3) is 6.07. The molecule has 0 spiro atoms. The Kier molecular flexibility index (Phi) is 3.27. The lowest BCUT2D eigenvalue weighted by Gasteiger charge is -2.06. The Morgan fingerprint density at radius 2 is 1.91 bits per heavy atom. The molecule has 0 aliphatic rings. The van der Waals surface area contributed by atoms with Crippen molar-refractivity contribution in [2.75, 3.05) is 13.7 Å². The van der Waals surface area contributed by atoms with Gasteiger partial charge in [-0.05, 0) is 0 Å². The lowest BCUT2D eigenvalue weighted by atomic mass is 10.7. The van der Waals surface area contributed by atoms with Crippen molar-refractivity contribution in [1.82, 2.24) is 4.72 Å². The van der Waals surface area contributed by atoms with Gasteiger partial charge in [-0.2, -0.15) is 26.3 Å². The van der Waals surface area contributed by atoms with Crippen LogP contribution in [0.4, 0.5) is 13.2 Å². The quantitative estimate of drug-likeness (QED) is 0.687. The van der Waals surface area contributed by atoms with Gasteiger partial charge in [0.2, 0.25) is 0 Å². The summed E-state index contributed by atoms with van der Waals surface area (Å²) < 4.78 is 59.4. The van der Waals surface area contributed by atoms with Crippen molar-refractivity contribution in [2.24, 2.45) is 0 Å². The Hall–Kier alpha value is -0.340. The predicted octanol–water partition coefficient (Wildman–Crippen LogP) is 0.0295. The molecule has 0 fully saturated rings. The van der Waals surface area contributed by atoms with Gasteiger partial charge in [-0.15, -0.1) is 0 Å². The van der Waals surface area contributed by atoms with Crippen molar-refractivity contribution in [2.45, 2.75) is 6.18 Å². The van der Waals surface area contributed by atoms with Crippen LogP contribution in [0.15, 0.2) is 0 Å². The monoisotopic (exact) mass is 193 g/mol. The largest absolute Gasteiger partial charge is 0.413 e. The molecule has 0 bridgehead atoms. The fourth-order valence-corrected chi connectivity index (χ4v) is 0.610. The van der Waals surface area contributed by atoms with E-state index in [4.69, 9.17) is 0 Å². The first-order valence-corrected chi connectivity index (χ1v) is 3.82. The lowest BCUT2D eigenvalue weighted by Crippen LogP contribution is -2.27. The van der Waals surface area contributed by atoms with Gasteiger partial charge in [0.05, 0.1) is 0 Å². The maximum Gasteiger partial charge on any atom is 0.413 e. The minimum atomic E-state index is -4.64. The van der Waals surface area contributed by atoms with E-state index in [2.05, 4.69) is 4.18 Å². The summed E-state index contributed by atoms with van der Waals surface area (Å²) in [6, 6.07) is 0. The first-order valence-electron chi connectivity index (χ1n) is 2.41. The van der Waals surface area contributed by atoms with Gasteiger partial charge in [0.25, 0.3) is 0 Å². The van der Waals surface area contributed by atoms with Crippen molar-refractivity contribution in [3.63, 3.8) is 0 Å². The molecule has 4 nitrogen and oxygen atoms in total. The summed E-state index contributed by atoms with van der Waals surface area (Å²) >= 11 is 0. The van der Waals surface area contributed by atoms with E-state index in [1.54, 1.807) is 4.72 Å². The van der Waals surface area contributed by atoms with E-state index in [1.807, 2.05) is 0 Å². The third-order valence-corrected chi connectivity index (χ3v) is 1.56. The zero-order valence-electron chi connectivity index (χ0n) is 5.47. The highest BCUT2D eigenvalue weighted by atomic mass is 32.2. The molecule has 11 heavy (non-hydrogen) atoms. The summed E-state index contributed by atoms with van der Waals surface area (Å²) in [6.45, 7) is -1.81. The number of nitrogens with one attached hydrogen (secondary N) is 1. The second-order valence-electron chi connectivity index (χ2n) is 1.54. The number of hydrogen-bond donors (Lipinski definition) is 1. The summed E-state index contributed by atoms with van der Waals surface area (Å²) in [6.07, 6.45) is -4.64. The standard InChI is InChI=1S/C3H6F3NO3S/c1-7-11(8,9)10-2-3(4,5)6/h7H,2H2,1H3. The minimum absolute atomic E-state index is 0.950. The van der Waals surface area contributed by atoms with Crippen LogP contribution in [-0.4, -0.2) is 28.2 Å². The van der Waals surface area contributed by atoms with E-state index in [-0.39, 0.29) is 0 Å². The SMILES string of the molecule is CNS(=O)(=O)OCC(F)(F)F. The Bertz CT molecular complexity index is 208. The molecule has 0 saturated heterocycles. The fraction of sp³-hybridized carbons (Fsp3) is 1.00. The van der Waals surface area contributed by atoms with E-state index in [9.17, 15) is 21.6 Å². The highest BCUT2D eigenvalue weighted by molar-refractivity contribution is 7.84. The Labute approximate surface area is 61.6 Å². The molecule has 0 unspecified atom stereocenters. The number of rotatable bonds is 3. The molecule has 0 aliphatic heterocycles. The molecular weight excluding hydrogens is 187 g/mol. The summed E-state index contributed by atoms with van der Waals surface area (Å²) in [5.74, 6) is 0. The van der Waals surface area contributed by atoms with Gasteiger partial charge in [-0.25, -0.2) is 4.18 Å². The number of alkyl halides is 3. The second kappa shape index (κ2) is 3.37. The van der Waals surface area contributed by atoms with Crippen LogP contribution in [0.3, 0.4) is 0 Å². The average Bonchev–Trinajstić information content (AvgIpc) is 1.83. The van der Waals surface area contributed by atoms with Crippen molar-refractivity contribution in [3.8, 4) is 0 Å². The summed E-state index contributed by atoms with van der Waals surface area (Å²) in [4.78, 5) is 0. The molecule has 0 aromatic rings. The van der Waals surface area contributed by atoms with Crippen LogP contribution in [0.1, 0.15) is 0 Å². The molecule has 0 aliphatic carbocycles.